The average molecular weight is 231 g/mol. The van der Waals surface area contributed by atoms with E-state index in [1.165, 1.54) is 21.9 Å². The molecular weight excluding hydrogens is 221 g/mol. The second kappa shape index (κ2) is 3.46. The first kappa shape index (κ1) is 9.60. The Labute approximate surface area is 96.6 Å². The number of H-pyrrole nitrogens is 1. The lowest BCUT2D eigenvalue weighted by molar-refractivity contribution is 0.629. The summed E-state index contributed by atoms with van der Waals surface area (Å²) in [5.74, 6) is -0.205. The van der Waals surface area contributed by atoms with E-state index in [4.69, 9.17) is 0 Å². The van der Waals surface area contributed by atoms with Crippen LogP contribution in [0, 0.1) is 12.7 Å². The first-order chi connectivity index (χ1) is 7.72. The van der Waals surface area contributed by atoms with Gasteiger partial charge in [0.15, 0.2) is 0 Å². The lowest BCUT2D eigenvalue weighted by Crippen LogP contribution is -1.72. The van der Waals surface area contributed by atoms with Gasteiger partial charge >= 0.3 is 0 Å². The lowest BCUT2D eigenvalue weighted by Gasteiger charge is -1.89. The van der Waals surface area contributed by atoms with Gasteiger partial charge in [-0.25, -0.2) is 4.39 Å². The molecule has 3 heteroatoms. The molecule has 0 saturated carbocycles. The first-order valence-corrected chi connectivity index (χ1v) is 5.89. The van der Waals surface area contributed by atoms with Gasteiger partial charge in [-0.2, -0.15) is 0 Å². The van der Waals surface area contributed by atoms with Gasteiger partial charge in [-0.1, -0.05) is 0 Å². The topological polar surface area (TPSA) is 15.8 Å². The van der Waals surface area contributed by atoms with Gasteiger partial charge < -0.3 is 4.98 Å². The second-order valence-electron chi connectivity index (χ2n) is 3.82. The molecule has 0 bridgehead atoms. The van der Waals surface area contributed by atoms with Crippen LogP contribution < -0.4 is 0 Å². The van der Waals surface area contributed by atoms with Crippen LogP contribution in [-0.4, -0.2) is 4.98 Å². The van der Waals surface area contributed by atoms with Gasteiger partial charge in [0.2, 0.25) is 0 Å². The smallest absolute Gasteiger partial charge is 0.125 e. The number of aromatic amines is 1. The highest BCUT2D eigenvalue weighted by atomic mass is 32.1. The standard InChI is InChI=1S/C13H10FNS/c1-8-2-5-13(16-8)12-6-9-3-4-10(14)7-11(9)15-12/h2-7,15H,1H3. The molecule has 0 spiro atoms. The molecule has 1 N–H and O–H groups in total. The van der Waals surface area contributed by atoms with Crippen molar-refractivity contribution in [2.75, 3.05) is 0 Å². The minimum atomic E-state index is -0.205. The summed E-state index contributed by atoms with van der Waals surface area (Å²) in [5.41, 5.74) is 1.90. The predicted octanol–water partition coefficient (Wildman–Crippen LogP) is 4.34. The molecule has 0 radical (unpaired) electrons. The number of aryl methyl sites for hydroxylation is 1. The zero-order valence-electron chi connectivity index (χ0n) is 8.75. The van der Waals surface area contributed by atoms with Gasteiger partial charge in [-0.05, 0) is 43.3 Å². The quantitative estimate of drug-likeness (QED) is 0.641. The molecule has 0 aliphatic heterocycles. The van der Waals surface area contributed by atoms with Crippen molar-refractivity contribution in [3.05, 3.63) is 47.1 Å². The minimum absolute atomic E-state index is 0.205. The SMILES string of the molecule is Cc1ccc(-c2cc3ccc(F)cc3[nH]2)s1. The van der Waals surface area contributed by atoms with Crippen LogP contribution in [0.15, 0.2) is 36.4 Å². The summed E-state index contributed by atoms with van der Waals surface area (Å²) in [5, 5.41) is 1.04. The second-order valence-corrected chi connectivity index (χ2v) is 5.11. The van der Waals surface area contributed by atoms with Crippen molar-refractivity contribution in [3.8, 4) is 10.6 Å². The summed E-state index contributed by atoms with van der Waals surface area (Å²) < 4.78 is 13.0. The summed E-state index contributed by atoms with van der Waals surface area (Å²) in [6, 6.07) is 11.0. The number of fused-ring (bicyclic) bond motifs is 1. The third kappa shape index (κ3) is 1.53. The predicted molar refractivity (Wildman–Crippen MR) is 66.3 cm³/mol. The Kier molecular flexibility index (Phi) is 2.07. The zero-order valence-corrected chi connectivity index (χ0v) is 9.57. The van der Waals surface area contributed by atoms with Crippen molar-refractivity contribution in [1.82, 2.24) is 4.98 Å². The number of hydrogen-bond acceptors (Lipinski definition) is 1. The monoisotopic (exact) mass is 231 g/mol. The number of nitrogens with one attached hydrogen (secondary N) is 1. The van der Waals surface area contributed by atoms with E-state index in [9.17, 15) is 4.39 Å². The number of halogens is 1. The largest absolute Gasteiger partial charge is 0.354 e. The third-order valence-electron chi connectivity index (χ3n) is 2.59. The molecule has 16 heavy (non-hydrogen) atoms. The molecule has 0 atom stereocenters. The summed E-state index contributed by atoms with van der Waals surface area (Å²) >= 11 is 1.74. The van der Waals surface area contributed by atoms with E-state index in [2.05, 4.69) is 30.1 Å². The Morgan fingerprint density at radius 3 is 2.75 bits per heavy atom. The zero-order chi connectivity index (χ0) is 11.1. The molecule has 1 nitrogen and oxygen atoms in total. The number of aromatic nitrogens is 1. The Balaban J connectivity index is 2.18. The summed E-state index contributed by atoms with van der Waals surface area (Å²) in [7, 11) is 0. The van der Waals surface area contributed by atoms with Crippen LogP contribution >= 0.6 is 11.3 Å². The number of rotatable bonds is 1. The number of thiophene rings is 1. The van der Waals surface area contributed by atoms with Crippen LogP contribution in [0.4, 0.5) is 4.39 Å². The summed E-state index contributed by atoms with van der Waals surface area (Å²) in [4.78, 5) is 5.70. The van der Waals surface area contributed by atoms with Crippen LogP contribution in [0.1, 0.15) is 4.88 Å². The molecule has 0 amide bonds. The van der Waals surface area contributed by atoms with Crippen LogP contribution in [0.2, 0.25) is 0 Å². The van der Waals surface area contributed by atoms with E-state index in [1.54, 1.807) is 17.4 Å². The van der Waals surface area contributed by atoms with E-state index in [0.717, 1.165) is 16.6 Å². The molecule has 80 valence electrons. The van der Waals surface area contributed by atoms with E-state index >= 15 is 0 Å². The first-order valence-electron chi connectivity index (χ1n) is 5.07. The Bertz CT molecular complexity index is 651. The van der Waals surface area contributed by atoms with Crippen LogP contribution in [-0.2, 0) is 0 Å². The fourth-order valence-corrected chi connectivity index (χ4v) is 2.65. The highest BCUT2D eigenvalue weighted by Crippen LogP contribution is 2.29. The normalized spacial score (nSPS) is 11.1. The highest BCUT2D eigenvalue weighted by molar-refractivity contribution is 7.15. The summed E-state index contributed by atoms with van der Waals surface area (Å²) in [6.07, 6.45) is 0. The molecular formula is C13H10FNS. The molecule has 0 saturated heterocycles. The summed E-state index contributed by atoms with van der Waals surface area (Å²) in [6.45, 7) is 2.08. The van der Waals surface area contributed by atoms with Crippen molar-refractivity contribution >= 4 is 22.2 Å². The molecule has 0 fully saturated rings. The minimum Gasteiger partial charge on any atom is -0.354 e. The maximum Gasteiger partial charge on any atom is 0.125 e. The fraction of sp³-hybridized carbons (Fsp3) is 0.0769. The molecule has 3 aromatic rings. The van der Waals surface area contributed by atoms with Crippen LogP contribution in [0.25, 0.3) is 21.5 Å². The Morgan fingerprint density at radius 2 is 2.00 bits per heavy atom. The van der Waals surface area contributed by atoms with Crippen molar-refractivity contribution in [1.29, 1.82) is 0 Å². The van der Waals surface area contributed by atoms with Crippen LogP contribution in [0.3, 0.4) is 0 Å². The van der Waals surface area contributed by atoms with E-state index in [-0.39, 0.29) is 5.82 Å². The van der Waals surface area contributed by atoms with E-state index < -0.39 is 0 Å². The maximum absolute atomic E-state index is 13.0. The van der Waals surface area contributed by atoms with Gasteiger partial charge in [0.1, 0.15) is 5.82 Å². The van der Waals surface area contributed by atoms with E-state index in [1.807, 2.05) is 0 Å². The molecule has 0 unspecified atom stereocenters. The van der Waals surface area contributed by atoms with Gasteiger partial charge in [0, 0.05) is 15.8 Å². The highest BCUT2D eigenvalue weighted by Gasteiger charge is 2.05. The van der Waals surface area contributed by atoms with Crippen molar-refractivity contribution in [3.63, 3.8) is 0 Å². The fourth-order valence-electron chi connectivity index (χ4n) is 1.81. The Morgan fingerprint density at radius 1 is 1.12 bits per heavy atom. The van der Waals surface area contributed by atoms with Crippen molar-refractivity contribution in [2.45, 2.75) is 6.92 Å². The van der Waals surface area contributed by atoms with Gasteiger partial charge in [-0.15, -0.1) is 11.3 Å². The molecule has 2 aromatic heterocycles. The van der Waals surface area contributed by atoms with Crippen LogP contribution in [0.5, 0.6) is 0 Å². The van der Waals surface area contributed by atoms with Gasteiger partial charge in [-0.3, -0.25) is 0 Å². The van der Waals surface area contributed by atoms with E-state index in [0.29, 0.717) is 0 Å². The molecule has 3 rings (SSSR count). The van der Waals surface area contributed by atoms with Gasteiger partial charge in [0.25, 0.3) is 0 Å². The van der Waals surface area contributed by atoms with Gasteiger partial charge in [0.05, 0.1) is 10.6 Å². The van der Waals surface area contributed by atoms with Crippen molar-refractivity contribution < 1.29 is 4.39 Å². The molecule has 2 heterocycles. The third-order valence-corrected chi connectivity index (χ3v) is 3.62. The molecule has 1 aromatic carbocycles. The number of benzene rings is 1. The average Bonchev–Trinajstić information content (AvgIpc) is 2.83. The molecule has 0 aliphatic carbocycles. The Hall–Kier alpha value is -1.61. The maximum atomic E-state index is 13.0. The van der Waals surface area contributed by atoms with Crippen molar-refractivity contribution in [2.24, 2.45) is 0 Å². The molecule has 0 aliphatic rings. The lowest BCUT2D eigenvalue weighted by atomic mass is 10.2. The number of hydrogen-bond donors (Lipinski definition) is 1.